The zero-order chi connectivity index (χ0) is 13.8. The van der Waals surface area contributed by atoms with Crippen molar-refractivity contribution in [1.82, 2.24) is 15.2 Å². The number of aromatic nitrogens is 1. The summed E-state index contributed by atoms with van der Waals surface area (Å²) < 4.78 is 0. The molecule has 0 aliphatic heterocycles. The maximum Gasteiger partial charge on any atom is 0.168 e. The van der Waals surface area contributed by atoms with E-state index in [9.17, 15) is 5.11 Å². The largest absolute Gasteiger partial charge is 0.386 e. The lowest BCUT2D eigenvalue weighted by Gasteiger charge is -2.23. The van der Waals surface area contributed by atoms with Crippen molar-refractivity contribution in [2.75, 3.05) is 20.1 Å². The van der Waals surface area contributed by atoms with E-state index in [1.54, 1.807) is 0 Å². The summed E-state index contributed by atoms with van der Waals surface area (Å²) in [6.07, 6.45) is 1.29. The standard InChI is InChI=1S/C14H19N3OS/c1-3-15-14(19)17(2)9-13(18)11-8-16-12-7-5-4-6-10(11)12/h4-8,13,16,18H,3,9H2,1-2H3,(H,15,19)/t13-/m1/s1. The Hall–Kier alpha value is -1.59. The van der Waals surface area contributed by atoms with Crippen molar-refractivity contribution in [3.8, 4) is 0 Å². The van der Waals surface area contributed by atoms with Crippen LogP contribution in [0.15, 0.2) is 30.5 Å². The van der Waals surface area contributed by atoms with Gasteiger partial charge in [-0.3, -0.25) is 0 Å². The molecule has 0 aliphatic carbocycles. The van der Waals surface area contributed by atoms with Gasteiger partial charge in [0.15, 0.2) is 5.11 Å². The lowest BCUT2D eigenvalue weighted by atomic mass is 10.1. The fourth-order valence-electron chi connectivity index (χ4n) is 2.10. The monoisotopic (exact) mass is 277 g/mol. The van der Waals surface area contributed by atoms with E-state index >= 15 is 0 Å². The SMILES string of the molecule is CCNC(=S)N(C)C[C@@H](O)c1c[nH]c2ccccc12. The molecule has 5 heteroatoms. The van der Waals surface area contributed by atoms with E-state index in [1.165, 1.54) is 0 Å². The van der Waals surface area contributed by atoms with Gasteiger partial charge in [-0.2, -0.15) is 0 Å². The zero-order valence-electron chi connectivity index (χ0n) is 11.2. The van der Waals surface area contributed by atoms with Gasteiger partial charge in [0.25, 0.3) is 0 Å². The number of benzene rings is 1. The zero-order valence-corrected chi connectivity index (χ0v) is 12.0. The molecule has 0 aliphatic rings. The number of thiocarbonyl (C=S) groups is 1. The Balaban J connectivity index is 2.11. The molecule has 3 N–H and O–H groups in total. The van der Waals surface area contributed by atoms with Gasteiger partial charge < -0.3 is 20.3 Å². The van der Waals surface area contributed by atoms with Gasteiger partial charge in [0.2, 0.25) is 0 Å². The molecular weight excluding hydrogens is 258 g/mol. The number of nitrogens with one attached hydrogen (secondary N) is 2. The Bertz CT molecular complexity index is 567. The van der Waals surface area contributed by atoms with Crippen LogP contribution in [0.2, 0.25) is 0 Å². The molecule has 0 saturated carbocycles. The summed E-state index contributed by atoms with van der Waals surface area (Å²) in [5.74, 6) is 0. The second-order valence-electron chi connectivity index (χ2n) is 4.52. The molecule has 1 aromatic heterocycles. The fraction of sp³-hybridized carbons (Fsp3) is 0.357. The smallest absolute Gasteiger partial charge is 0.168 e. The number of nitrogens with zero attached hydrogens (tertiary/aromatic N) is 1. The van der Waals surface area contributed by atoms with Crippen LogP contribution < -0.4 is 5.32 Å². The average molecular weight is 277 g/mol. The van der Waals surface area contributed by atoms with E-state index < -0.39 is 6.10 Å². The Labute approximate surface area is 118 Å². The highest BCUT2D eigenvalue weighted by atomic mass is 32.1. The van der Waals surface area contributed by atoms with Crippen LogP contribution in [0.25, 0.3) is 10.9 Å². The van der Waals surface area contributed by atoms with Gasteiger partial charge in [-0.15, -0.1) is 0 Å². The highest BCUT2D eigenvalue weighted by Crippen LogP contribution is 2.24. The molecule has 0 bridgehead atoms. The Kier molecular flexibility index (Phi) is 4.39. The molecule has 1 heterocycles. The van der Waals surface area contributed by atoms with Gasteiger partial charge >= 0.3 is 0 Å². The third kappa shape index (κ3) is 3.05. The van der Waals surface area contributed by atoms with Crippen LogP contribution in [0.5, 0.6) is 0 Å². The van der Waals surface area contributed by atoms with Crippen molar-refractivity contribution in [1.29, 1.82) is 0 Å². The van der Waals surface area contributed by atoms with Crippen molar-refractivity contribution in [2.24, 2.45) is 0 Å². The number of aliphatic hydroxyl groups is 1. The van der Waals surface area contributed by atoms with Crippen molar-refractivity contribution < 1.29 is 5.11 Å². The number of para-hydroxylation sites is 1. The summed E-state index contributed by atoms with van der Waals surface area (Å²) in [6, 6.07) is 7.95. The Morgan fingerprint density at radius 2 is 2.21 bits per heavy atom. The first-order valence-electron chi connectivity index (χ1n) is 6.36. The van der Waals surface area contributed by atoms with Gasteiger partial charge in [0, 0.05) is 42.8 Å². The fourth-order valence-corrected chi connectivity index (χ4v) is 2.32. The molecule has 102 valence electrons. The first-order chi connectivity index (χ1) is 9.13. The molecule has 0 unspecified atom stereocenters. The van der Waals surface area contributed by atoms with E-state index in [0.717, 1.165) is 23.0 Å². The lowest BCUT2D eigenvalue weighted by Crippen LogP contribution is -2.39. The predicted octanol–water partition coefficient (Wildman–Crippen LogP) is 2.03. The number of hydrogen-bond acceptors (Lipinski definition) is 2. The number of aliphatic hydroxyl groups excluding tert-OH is 1. The molecule has 2 aromatic rings. The number of aromatic amines is 1. The van der Waals surface area contributed by atoms with E-state index in [2.05, 4.69) is 10.3 Å². The van der Waals surface area contributed by atoms with Gasteiger partial charge in [-0.1, -0.05) is 18.2 Å². The molecule has 19 heavy (non-hydrogen) atoms. The Morgan fingerprint density at radius 1 is 1.47 bits per heavy atom. The molecule has 0 radical (unpaired) electrons. The number of hydrogen-bond donors (Lipinski definition) is 3. The van der Waals surface area contributed by atoms with E-state index in [0.29, 0.717) is 11.7 Å². The van der Waals surface area contributed by atoms with Crippen molar-refractivity contribution in [3.63, 3.8) is 0 Å². The molecule has 0 amide bonds. The molecule has 2 rings (SSSR count). The highest BCUT2D eigenvalue weighted by molar-refractivity contribution is 7.80. The van der Waals surface area contributed by atoms with E-state index in [1.807, 2.05) is 49.3 Å². The first-order valence-corrected chi connectivity index (χ1v) is 6.77. The normalized spacial score (nSPS) is 12.4. The lowest BCUT2D eigenvalue weighted by molar-refractivity contribution is 0.153. The summed E-state index contributed by atoms with van der Waals surface area (Å²) in [5, 5.41) is 15.1. The second kappa shape index (κ2) is 6.04. The van der Waals surface area contributed by atoms with Crippen LogP contribution >= 0.6 is 12.2 Å². The van der Waals surface area contributed by atoms with Crippen molar-refractivity contribution in [3.05, 3.63) is 36.0 Å². The molecule has 4 nitrogen and oxygen atoms in total. The molecule has 1 aromatic carbocycles. The average Bonchev–Trinajstić information content (AvgIpc) is 2.82. The van der Waals surface area contributed by atoms with Gasteiger partial charge in [-0.05, 0) is 25.2 Å². The van der Waals surface area contributed by atoms with Crippen LogP contribution in [0.3, 0.4) is 0 Å². The van der Waals surface area contributed by atoms with Crippen LogP contribution in [0.4, 0.5) is 0 Å². The van der Waals surface area contributed by atoms with Crippen molar-refractivity contribution >= 4 is 28.2 Å². The number of fused-ring (bicyclic) bond motifs is 1. The second-order valence-corrected chi connectivity index (χ2v) is 4.91. The summed E-state index contributed by atoms with van der Waals surface area (Å²) in [5.41, 5.74) is 1.94. The van der Waals surface area contributed by atoms with Crippen LogP contribution in [0.1, 0.15) is 18.6 Å². The third-order valence-electron chi connectivity index (χ3n) is 3.10. The Morgan fingerprint density at radius 3 is 2.95 bits per heavy atom. The number of rotatable bonds is 4. The minimum atomic E-state index is -0.572. The van der Waals surface area contributed by atoms with Gasteiger partial charge in [-0.25, -0.2) is 0 Å². The third-order valence-corrected chi connectivity index (χ3v) is 3.56. The van der Waals surface area contributed by atoms with Crippen LogP contribution in [0, 0.1) is 0 Å². The summed E-state index contributed by atoms with van der Waals surface area (Å²) in [7, 11) is 1.88. The molecule has 1 atom stereocenters. The first kappa shape index (κ1) is 13.8. The maximum absolute atomic E-state index is 10.3. The predicted molar refractivity (Wildman–Crippen MR) is 82.2 cm³/mol. The molecule has 0 fully saturated rings. The van der Waals surface area contributed by atoms with E-state index in [4.69, 9.17) is 12.2 Å². The maximum atomic E-state index is 10.3. The summed E-state index contributed by atoms with van der Waals surface area (Å²) in [6.45, 7) is 3.25. The molecule has 0 saturated heterocycles. The van der Waals surface area contributed by atoms with Crippen LogP contribution in [-0.4, -0.2) is 40.2 Å². The molecular formula is C14H19N3OS. The van der Waals surface area contributed by atoms with E-state index in [-0.39, 0.29) is 0 Å². The minimum Gasteiger partial charge on any atom is -0.386 e. The molecule has 0 spiro atoms. The minimum absolute atomic E-state index is 0.466. The number of likely N-dealkylation sites (N-methyl/N-ethyl adjacent to an activating group) is 1. The number of H-pyrrole nitrogens is 1. The van der Waals surface area contributed by atoms with Crippen LogP contribution in [-0.2, 0) is 0 Å². The summed E-state index contributed by atoms with van der Waals surface area (Å²) in [4.78, 5) is 5.02. The van der Waals surface area contributed by atoms with Gasteiger partial charge in [0.1, 0.15) is 0 Å². The highest BCUT2D eigenvalue weighted by Gasteiger charge is 2.15. The quantitative estimate of drug-likeness (QED) is 0.749. The topological polar surface area (TPSA) is 51.3 Å². The van der Waals surface area contributed by atoms with Gasteiger partial charge in [0.05, 0.1) is 6.10 Å². The summed E-state index contributed by atoms with van der Waals surface area (Å²) >= 11 is 5.22. The van der Waals surface area contributed by atoms with Crippen molar-refractivity contribution in [2.45, 2.75) is 13.0 Å².